The van der Waals surface area contributed by atoms with Gasteiger partial charge in [-0.05, 0) is 24.3 Å². The number of benzene rings is 2. The van der Waals surface area contributed by atoms with E-state index < -0.39 is 5.91 Å². The molecule has 4 rings (SSSR count). The largest absolute Gasteiger partial charge is 0.380 e. The Balaban J connectivity index is 1.61. The number of rotatable bonds is 3. The summed E-state index contributed by atoms with van der Waals surface area (Å²) >= 11 is 1.39. The lowest BCUT2D eigenvalue weighted by Gasteiger charge is -1.98. The number of para-hydroxylation sites is 2. The highest BCUT2D eigenvalue weighted by Gasteiger charge is 2.18. The van der Waals surface area contributed by atoms with Crippen LogP contribution >= 0.6 is 11.3 Å². The molecule has 0 unspecified atom stereocenters. The van der Waals surface area contributed by atoms with Crippen molar-refractivity contribution in [2.24, 2.45) is 0 Å². The quantitative estimate of drug-likeness (QED) is 0.599. The summed E-state index contributed by atoms with van der Waals surface area (Å²) in [6, 6.07) is 16.9. The zero-order valence-corrected chi connectivity index (χ0v) is 13.2. The van der Waals surface area contributed by atoms with Gasteiger partial charge in [-0.2, -0.15) is 0 Å². The van der Waals surface area contributed by atoms with Gasteiger partial charge in [0.1, 0.15) is 0 Å². The number of hydrogen-bond acceptors (Lipinski definition) is 6. The summed E-state index contributed by atoms with van der Waals surface area (Å²) in [5.41, 5.74) is 7.46. The van der Waals surface area contributed by atoms with Crippen molar-refractivity contribution in [3.05, 3.63) is 60.3 Å². The number of carbonyl (C=O) groups is 1. The summed E-state index contributed by atoms with van der Waals surface area (Å²) in [5, 5.41) is 11.5. The summed E-state index contributed by atoms with van der Waals surface area (Å²) in [6.07, 6.45) is 0. The highest BCUT2D eigenvalue weighted by atomic mass is 32.1. The lowest BCUT2D eigenvalue weighted by molar-refractivity contribution is 0.102. The molecule has 2 heterocycles. The molecule has 118 valence electrons. The molecule has 4 aromatic rings. The molecule has 3 N–H and O–H groups in total. The number of aromatic nitrogens is 4. The van der Waals surface area contributed by atoms with E-state index >= 15 is 0 Å². The molecule has 0 atom stereocenters. The third-order valence-electron chi connectivity index (χ3n) is 3.36. The van der Waals surface area contributed by atoms with Crippen LogP contribution in [0.3, 0.4) is 0 Å². The van der Waals surface area contributed by atoms with Crippen molar-refractivity contribution in [2.75, 3.05) is 11.1 Å². The molecule has 0 aliphatic carbocycles. The molecule has 0 radical (unpaired) electrons. The summed E-state index contributed by atoms with van der Waals surface area (Å²) < 4.78 is 0.994. The molecular weight excluding hydrogens is 324 g/mol. The fourth-order valence-corrected chi connectivity index (χ4v) is 3.10. The molecule has 8 heteroatoms. The number of carbonyl (C=O) groups excluding carboxylic acids is 1. The van der Waals surface area contributed by atoms with E-state index in [0.717, 1.165) is 15.9 Å². The Morgan fingerprint density at radius 1 is 1.04 bits per heavy atom. The Morgan fingerprint density at radius 3 is 2.58 bits per heavy atom. The van der Waals surface area contributed by atoms with Gasteiger partial charge in [0.05, 0.1) is 15.9 Å². The van der Waals surface area contributed by atoms with Crippen LogP contribution < -0.4 is 11.1 Å². The smallest absolute Gasteiger partial charge is 0.281 e. The van der Waals surface area contributed by atoms with Crippen LogP contribution in [0.5, 0.6) is 0 Å². The third kappa shape index (κ3) is 2.59. The van der Waals surface area contributed by atoms with Crippen molar-refractivity contribution < 1.29 is 4.79 Å². The van der Waals surface area contributed by atoms with Gasteiger partial charge in [-0.3, -0.25) is 10.1 Å². The molecule has 1 amide bonds. The average molecular weight is 336 g/mol. The average Bonchev–Trinajstić information content (AvgIpc) is 3.18. The summed E-state index contributed by atoms with van der Waals surface area (Å²) in [6.45, 7) is 0. The first-order valence-corrected chi connectivity index (χ1v) is 7.97. The maximum absolute atomic E-state index is 12.4. The molecule has 0 bridgehead atoms. The summed E-state index contributed by atoms with van der Waals surface area (Å²) in [7, 11) is 0. The van der Waals surface area contributed by atoms with Gasteiger partial charge in [0, 0.05) is 0 Å². The Morgan fingerprint density at radius 2 is 1.79 bits per heavy atom. The summed E-state index contributed by atoms with van der Waals surface area (Å²) in [4.78, 5) is 18.1. The van der Waals surface area contributed by atoms with Gasteiger partial charge in [0.15, 0.2) is 16.6 Å². The zero-order chi connectivity index (χ0) is 16.5. The van der Waals surface area contributed by atoms with Crippen molar-refractivity contribution in [1.29, 1.82) is 0 Å². The molecule has 0 fully saturated rings. The number of amides is 1. The third-order valence-corrected chi connectivity index (χ3v) is 4.31. The van der Waals surface area contributed by atoms with Gasteiger partial charge >= 0.3 is 0 Å². The second-order valence-corrected chi connectivity index (χ2v) is 6.03. The Labute approximate surface area is 140 Å². The molecule has 0 saturated carbocycles. The van der Waals surface area contributed by atoms with E-state index in [1.807, 2.05) is 54.6 Å². The van der Waals surface area contributed by atoms with Crippen LogP contribution in [0.1, 0.15) is 10.5 Å². The Hall–Kier alpha value is -3.26. The van der Waals surface area contributed by atoms with Crippen molar-refractivity contribution in [3.8, 4) is 5.69 Å². The monoisotopic (exact) mass is 336 g/mol. The van der Waals surface area contributed by atoms with Crippen LogP contribution in [-0.4, -0.2) is 25.9 Å². The second-order valence-electron chi connectivity index (χ2n) is 5.00. The SMILES string of the molecule is Nc1nn(-c2ccccc2)nc1C(=O)Nc1nc2ccccc2s1. The van der Waals surface area contributed by atoms with Crippen LogP contribution in [0, 0.1) is 0 Å². The van der Waals surface area contributed by atoms with E-state index in [1.54, 1.807) is 0 Å². The van der Waals surface area contributed by atoms with Gasteiger partial charge < -0.3 is 5.73 Å². The van der Waals surface area contributed by atoms with E-state index in [2.05, 4.69) is 20.5 Å². The predicted molar refractivity (Wildman–Crippen MR) is 93.3 cm³/mol. The lowest BCUT2D eigenvalue weighted by Crippen LogP contribution is -2.14. The normalized spacial score (nSPS) is 10.8. The number of thiazole rings is 1. The first kappa shape index (κ1) is 14.3. The molecule has 24 heavy (non-hydrogen) atoms. The number of nitrogen functional groups attached to an aromatic ring is 1. The fraction of sp³-hybridized carbons (Fsp3) is 0. The highest BCUT2D eigenvalue weighted by molar-refractivity contribution is 7.22. The minimum atomic E-state index is -0.436. The van der Waals surface area contributed by atoms with Crippen LogP contribution in [0.4, 0.5) is 10.9 Å². The van der Waals surface area contributed by atoms with E-state index in [1.165, 1.54) is 16.1 Å². The molecule has 2 aromatic heterocycles. The number of nitrogens with one attached hydrogen (secondary N) is 1. The minimum Gasteiger partial charge on any atom is -0.380 e. The van der Waals surface area contributed by atoms with Crippen LogP contribution in [0.15, 0.2) is 54.6 Å². The Bertz CT molecular complexity index is 990. The van der Waals surface area contributed by atoms with E-state index in [9.17, 15) is 4.79 Å². The van der Waals surface area contributed by atoms with Gasteiger partial charge in [-0.1, -0.05) is 41.7 Å². The number of fused-ring (bicyclic) bond motifs is 1. The number of nitrogens with two attached hydrogens (primary N) is 1. The predicted octanol–water partition coefficient (Wildman–Crippen LogP) is 2.71. The second kappa shape index (κ2) is 5.74. The number of nitrogens with zero attached hydrogens (tertiary/aromatic N) is 4. The van der Waals surface area contributed by atoms with E-state index in [-0.39, 0.29) is 11.5 Å². The lowest BCUT2D eigenvalue weighted by atomic mass is 10.3. The fourth-order valence-electron chi connectivity index (χ4n) is 2.24. The van der Waals surface area contributed by atoms with Gasteiger partial charge in [-0.15, -0.1) is 15.0 Å². The van der Waals surface area contributed by atoms with Crippen molar-refractivity contribution in [1.82, 2.24) is 20.0 Å². The molecule has 0 aliphatic rings. The van der Waals surface area contributed by atoms with Gasteiger partial charge in [0.25, 0.3) is 5.91 Å². The standard InChI is InChI=1S/C16H12N6OS/c17-14-13(20-22(21-14)10-6-2-1-3-7-10)15(23)19-16-18-11-8-4-5-9-12(11)24-16/h1-9H,(H2,17,21)(H,18,19,23). The van der Waals surface area contributed by atoms with Gasteiger partial charge in [0.2, 0.25) is 0 Å². The molecule has 0 spiro atoms. The molecular formula is C16H12N6OS. The van der Waals surface area contributed by atoms with Crippen molar-refractivity contribution >= 4 is 38.4 Å². The molecule has 2 aromatic carbocycles. The number of hydrogen-bond donors (Lipinski definition) is 2. The highest BCUT2D eigenvalue weighted by Crippen LogP contribution is 2.26. The van der Waals surface area contributed by atoms with E-state index in [0.29, 0.717) is 5.13 Å². The topological polar surface area (TPSA) is 98.7 Å². The minimum absolute atomic E-state index is 0.0671. The maximum atomic E-state index is 12.4. The first-order valence-electron chi connectivity index (χ1n) is 7.16. The Kier molecular flexibility index (Phi) is 3.43. The van der Waals surface area contributed by atoms with Crippen LogP contribution in [0.2, 0.25) is 0 Å². The van der Waals surface area contributed by atoms with Gasteiger partial charge in [-0.25, -0.2) is 4.98 Å². The summed E-state index contributed by atoms with van der Waals surface area (Å²) in [5.74, 6) is -0.369. The van der Waals surface area contributed by atoms with Crippen molar-refractivity contribution in [2.45, 2.75) is 0 Å². The molecule has 0 saturated heterocycles. The van der Waals surface area contributed by atoms with Crippen LogP contribution in [0.25, 0.3) is 15.9 Å². The number of anilines is 2. The maximum Gasteiger partial charge on any atom is 0.281 e. The van der Waals surface area contributed by atoms with E-state index in [4.69, 9.17) is 5.73 Å². The van der Waals surface area contributed by atoms with Crippen LogP contribution in [-0.2, 0) is 0 Å². The molecule has 0 aliphatic heterocycles. The first-order chi connectivity index (χ1) is 11.7. The van der Waals surface area contributed by atoms with Crippen molar-refractivity contribution in [3.63, 3.8) is 0 Å². The molecule has 7 nitrogen and oxygen atoms in total. The zero-order valence-electron chi connectivity index (χ0n) is 12.4.